The standard InChI is InChI=1S/C14H13ClN4S/c1-10-2-4-12(20-10)7-17-13-6-11(15)3-5-14(13)19-9-16-8-18-19/h2-6,8-9,17H,7H2,1H3. The summed E-state index contributed by atoms with van der Waals surface area (Å²) in [7, 11) is 0. The summed E-state index contributed by atoms with van der Waals surface area (Å²) in [6.45, 7) is 2.87. The van der Waals surface area contributed by atoms with Crippen LogP contribution in [0.3, 0.4) is 0 Å². The summed E-state index contributed by atoms with van der Waals surface area (Å²) in [6.07, 6.45) is 3.19. The van der Waals surface area contributed by atoms with Crippen molar-refractivity contribution in [3.63, 3.8) is 0 Å². The Kier molecular flexibility index (Phi) is 3.71. The van der Waals surface area contributed by atoms with Gasteiger partial charge in [-0.1, -0.05) is 11.6 Å². The predicted molar refractivity (Wildman–Crippen MR) is 82.8 cm³/mol. The molecule has 0 saturated heterocycles. The fourth-order valence-corrected chi connectivity index (χ4v) is 2.95. The average Bonchev–Trinajstić information content (AvgIpc) is 3.08. The zero-order valence-corrected chi connectivity index (χ0v) is 12.4. The predicted octanol–water partition coefficient (Wildman–Crippen LogP) is 3.90. The first-order chi connectivity index (χ1) is 9.72. The molecule has 0 bridgehead atoms. The largest absolute Gasteiger partial charge is 0.378 e. The molecule has 0 unspecified atom stereocenters. The smallest absolute Gasteiger partial charge is 0.138 e. The summed E-state index contributed by atoms with van der Waals surface area (Å²) in [5, 5.41) is 8.26. The Balaban J connectivity index is 1.86. The van der Waals surface area contributed by atoms with Gasteiger partial charge in [-0.2, -0.15) is 5.10 Å². The molecule has 1 aromatic carbocycles. The first-order valence-corrected chi connectivity index (χ1v) is 7.35. The topological polar surface area (TPSA) is 42.7 Å². The number of nitrogens with zero attached hydrogens (tertiary/aromatic N) is 3. The van der Waals surface area contributed by atoms with Crippen LogP contribution in [0.25, 0.3) is 5.69 Å². The van der Waals surface area contributed by atoms with Crippen LogP contribution in [-0.4, -0.2) is 14.8 Å². The molecule has 0 aliphatic rings. The van der Waals surface area contributed by atoms with Crippen LogP contribution in [0, 0.1) is 6.92 Å². The Morgan fingerprint density at radius 1 is 1.30 bits per heavy atom. The molecule has 0 saturated carbocycles. The molecule has 6 heteroatoms. The third kappa shape index (κ3) is 2.84. The highest BCUT2D eigenvalue weighted by molar-refractivity contribution is 7.11. The highest BCUT2D eigenvalue weighted by atomic mass is 35.5. The number of nitrogens with one attached hydrogen (secondary N) is 1. The van der Waals surface area contributed by atoms with Crippen LogP contribution in [0.4, 0.5) is 5.69 Å². The number of benzene rings is 1. The van der Waals surface area contributed by atoms with Crippen molar-refractivity contribution in [2.45, 2.75) is 13.5 Å². The molecule has 2 aromatic heterocycles. The van der Waals surface area contributed by atoms with Gasteiger partial charge in [0, 0.05) is 21.3 Å². The zero-order valence-electron chi connectivity index (χ0n) is 10.9. The van der Waals surface area contributed by atoms with Crippen LogP contribution in [-0.2, 0) is 6.54 Å². The maximum atomic E-state index is 6.08. The van der Waals surface area contributed by atoms with E-state index in [1.165, 1.54) is 16.1 Å². The first-order valence-electron chi connectivity index (χ1n) is 6.16. The molecule has 20 heavy (non-hydrogen) atoms. The molecule has 0 spiro atoms. The van der Waals surface area contributed by atoms with E-state index in [1.807, 2.05) is 18.2 Å². The van der Waals surface area contributed by atoms with Gasteiger partial charge in [-0.3, -0.25) is 0 Å². The minimum Gasteiger partial charge on any atom is -0.378 e. The lowest BCUT2D eigenvalue weighted by Crippen LogP contribution is -2.04. The second-order valence-corrected chi connectivity index (χ2v) is 6.18. The molecule has 2 heterocycles. The summed E-state index contributed by atoms with van der Waals surface area (Å²) >= 11 is 7.87. The number of halogens is 1. The van der Waals surface area contributed by atoms with Gasteiger partial charge >= 0.3 is 0 Å². The Morgan fingerprint density at radius 3 is 2.90 bits per heavy atom. The summed E-state index contributed by atoms with van der Waals surface area (Å²) < 4.78 is 1.72. The molecular formula is C14H13ClN4S. The van der Waals surface area contributed by atoms with Crippen molar-refractivity contribution in [3.8, 4) is 5.69 Å². The van der Waals surface area contributed by atoms with E-state index >= 15 is 0 Å². The fraction of sp³-hybridized carbons (Fsp3) is 0.143. The molecule has 0 aliphatic heterocycles. The van der Waals surface area contributed by atoms with Crippen molar-refractivity contribution in [2.24, 2.45) is 0 Å². The van der Waals surface area contributed by atoms with Crippen LogP contribution >= 0.6 is 22.9 Å². The molecular weight excluding hydrogens is 292 g/mol. The van der Waals surface area contributed by atoms with E-state index in [4.69, 9.17) is 11.6 Å². The van der Waals surface area contributed by atoms with Gasteiger partial charge in [0.1, 0.15) is 12.7 Å². The van der Waals surface area contributed by atoms with Gasteiger partial charge in [0.25, 0.3) is 0 Å². The van der Waals surface area contributed by atoms with Gasteiger partial charge in [-0.15, -0.1) is 11.3 Å². The second kappa shape index (κ2) is 5.64. The van der Waals surface area contributed by atoms with E-state index in [0.717, 1.165) is 17.9 Å². The SMILES string of the molecule is Cc1ccc(CNc2cc(Cl)ccc2-n2cncn2)s1. The summed E-state index contributed by atoms with van der Waals surface area (Å²) in [4.78, 5) is 6.57. The third-order valence-electron chi connectivity index (χ3n) is 2.87. The van der Waals surface area contributed by atoms with Gasteiger partial charge in [0.2, 0.25) is 0 Å². The highest BCUT2D eigenvalue weighted by Crippen LogP contribution is 2.25. The molecule has 102 valence electrons. The highest BCUT2D eigenvalue weighted by Gasteiger charge is 2.07. The Morgan fingerprint density at radius 2 is 2.20 bits per heavy atom. The van der Waals surface area contributed by atoms with Gasteiger partial charge in [0.15, 0.2) is 0 Å². The number of hydrogen-bond donors (Lipinski definition) is 1. The van der Waals surface area contributed by atoms with Crippen LogP contribution < -0.4 is 5.32 Å². The Bertz CT molecular complexity index is 706. The van der Waals surface area contributed by atoms with E-state index in [-0.39, 0.29) is 0 Å². The second-order valence-electron chi connectivity index (χ2n) is 4.37. The Hall–Kier alpha value is -1.85. The number of anilines is 1. The van der Waals surface area contributed by atoms with Crippen molar-refractivity contribution < 1.29 is 0 Å². The molecule has 4 nitrogen and oxygen atoms in total. The molecule has 0 fully saturated rings. The maximum absolute atomic E-state index is 6.08. The van der Waals surface area contributed by atoms with Gasteiger partial charge < -0.3 is 5.32 Å². The number of rotatable bonds is 4. The number of hydrogen-bond acceptors (Lipinski definition) is 4. The van der Waals surface area contributed by atoms with Crippen LogP contribution in [0.15, 0.2) is 43.0 Å². The van der Waals surface area contributed by atoms with Gasteiger partial charge in [-0.25, -0.2) is 9.67 Å². The van der Waals surface area contributed by atoms with E-state index in [1.54, 1.807) is 22.3 Å². The zero-order chi connectivity index (χ0) is 13.9. The molecule has 0 aliphatic carbocycles. The van der Waals surface area contributed by atoms with Crippen LogP contribution in [0.1, 0.15) is 9.75 Å². The first kappa shape index (κ1) is 13.1. The van der Waals surface area contributed by atoms with Crippen molar-refractivity contribution in [2.75, 3.05) is 5.32 Å². The molecule has 0 amide bonds. The van der Waals surface area contributed by atoms with Crippen molar-refractivity contribution >= 4 is 28.6 Å². The van der Waals surface area contributed by atoms with Crippen LogP contribution in [0.2, 0.25) is 5.02 Å². The van der Waals surface area contributed by atoms with E-state index in [2.05, 4.69) is 34.5 Å². The number of aromatic nitrogens is 3. The summed E-state index contributed by atoms with van der Waals surface area (Å²) in [5.41, 5.74) is 1.87. The maximum Gasteiger partial charge on any atom is 0.138 e. The minimum absolute atomic E-state index is 0.693. The van der Waals surface area contributed by atoms with Crippen molar-refractivity contribution in [3.05, 3.63) is 57.8 Å². The minimum atomic E-state index is 0.693. The van der Waals surface area contributed by atoms with Gasteiger partial charge in [0.05, 0.1) is 11.4 Å². The quantitative estimate of drug-likeness (QED) is 0.795. The molecule has 3 aromatic rings. The molecule has 0 atom stereocenters. The lowest BCUT2D eigenvalue weighted by atomic mass is 10.2. The molecule has 1 N–H and O–H groups in total. The lowest BCUT2D eigenvalue weighted by Gasteiger charge is -2.11. The van der Waals surface area contributed by atoms with Crippen LogP contribution in [0.5, 0.6) is 0 Å². The normalized spacial score (nSPS) is 10.7. The van der Waals surface area contributed by atoms with E-state index < -0.39 is 0 Å². The van der Waals surface area contributed by atoms with E-state index in [0.29, 0.717) is 5.02 Å². The number of thiophene rings is 1. The van der Waals surface area contributed by atoms with E-state index in [9.17, 15) is 0 Å². The monoisotopic (exact) mass is 304 g/mol. The van der Waals surface area contributed by atoms with Crippen molar-refractivity contribution in [1.29, 1.82) is 0 Å². The lowest BCUT2D eigenvalue weighted by molar-refractivity contribution is 0.878. The van der Waals surface area contributed by atoms with Crippen molar-refractivity contribution in [1.82, 2.24) is 14.8 Å². The molecule has 3 rings (SSSR count). The Labute approximate surface area is 126 Å². The van der Waals surface area contributed by atoms with Gasteiger partial charge in [-0.05, 0) is 37.3 Å². The molecule has 0 radical (unpaired) electrons. The summed E-state index contributed by atoms with van der Waals surface area (Å²) in [6, 6.07) is 9.93. The fourth-order valence-electron chi connectivity index (χ4n) is 1.94. The number of aryl methyl sites for hydroxylation is 1. The summed E-state index contributed by atoms with van der Waals surface area (Å²) in [5.74, 6) is 0. The third-order valence-corrected chi connectivity index (χ3v) is 4.11. The average molecular weight is 305 g/mol.